The number of rotatable bonds is 9. The van der Waals surface area contributed by atoms with Crippen LogP contribution in [0.2, 0.25) is 0 Å². The van der Waals surface area contributed by atoms with Crippen molar-refractivity contribution < 1.29 is 19.0 Å². The minimum atomic E-state index is -0.299. The van der Waals surface area contributed by atoms with E-state index in [0.29, 0.717) is 29.2 Å². The van der Waals surface area contributed by atoms with Gasteiger partial charge >= 0.3 is 6.03 Å². The molecular formula is C19H26N4O4S. The summed E-state index contributed by atoms with van der Waals surface area (Å²) in [6.07, 6.45) is 4.19. The highest BCUT2D eigenvalue weighted by atomic mass is 32.1. The molecule has 1 atom stereocenters. The molecular weight excluding hydrogens is 380 g/mol. The van der Waals surface area contributed by atoms with Gasteiger partial charge in [-0.25, -0.2) is 14.8 Å². The Hall–Kier alpha value is -2.39. The second-order valence-electron chi connectivity index (χ2n) is 6.79. The molecule has 9 heteroatoms. The number of nitrogens with one attached hydrogen (secondary N) is 2. The van der Waals surface area contributed by atoms with Crippen molar-refractivity contribution in [3.63, 3.8) is 0 Å². The number of hydrogen-bond acceptors (Lipinski definition) is 7. The van der Waals surface area contributed by atoms with Crippen LogP contribution in [0.4, 0.5) is 9.93 Å². The van der Waals surface area contributed by atoms with Gasteiger partial charge in [-0.15, -0.1) is 0 Å². The van der Waals surface area contributed by atoms with Crippen LogP contribution >= 0.6 is 11.3 Å². The van der Waals surface area contributed by atoms with Crippen molar-refractivity contribution in [1.29, 1.82) is 0 Å². The number of thiazole rings is 1. The first-order valence-electron chi connectivity index (χ1n) is 9.22. The first kappa shape index (κ1) is 20.3. The Morgan fingerprint density at radius 2 is 2.14 bits per heavy atom. The summed E-state index contributed by atoms with van der Waals surface area (Å²) in [6, 6.07) is 1.54. The van der Waals surface area contributed by atoms with Crippen molar-refractivity contribution in [2.24, 2.45) is 5.92 Å². The van der Waals surface area contributed by atoms with Gasteiger partial charge in [0, 0.05) is 24.9 Å². The third-order valence-corrected chi connectivity index (χ3v) is 5.50. The molecule has 0 bridgehead atoms. The Morgan fingerprint density at radius 1 is 1.36 bits per heavy atom. The topological polar surface area (TPSA) is 94.6 Å². The van der Waals surface area contributed by atoms with Gasteiger partial charge in [-0.3, -0.25) is 5.32 Å². The Bertz CT molecular complexity index is 822. The van der Waals surface area contributed by atoms with E-state index >= 15 is 0 Å². The maximum absolute atomic E-state index is 12.1. The molecule has 1 aliphatic rings. The Morgan fingerprint density at radius 3 is 2.82 bits per heavy atom. The largest absolute Gasteiger partial charge is 0.491 e. The number of methoxy groups -OCH3 is 2. The molecule has 152 valence electrons. The van der Waals surface area contributed by atoms with Gasteiger partial charge in [0.15, 0.2) is 10.9 Å². The number of urea groups is 1. The van der Waals surface area contributed by atoms with E-state index in [1.807, 2.05) is 19.9 Å². The molecule has 1 aliphatic carbocycles. The molecule has 2 aromatic rings. The zero-order valence-electron chi connectivity index (χ0n) is 16.6. The van der Waals surface area contributed by atoms with Crippen LogP contribution in [0.15, 0.2) is 12.3 Å². The molecule has 3 rings (SSSR count). The molecule has 0 unspecified atom stereocenters. The average Bonchev–Trinajstić information content (AvgIpc) is 3.46. The van der Waals surface area contributed by atoms with Crippen LogP contribution in [0.5, 0.6) is 11.6 Å². The molecule has 8 nitrogen and oxygen atoms in total. The van der Waals surface area contributed by atoms with Crippen LogP contribution in [-0.4, -0.2) is 49.5 Å². The molecule has 2 N–H and O–H groups in total. The van der Waals surface area contributed by atoms with Crippen molar-refractivity contribution in [1.82, 2.24) is 15.3 Å². The van der Waals surface area contributed by atoms with Gasteiger partial charge in [0.05, 0.1) is 30.9 Å². The van der Waals surface area contributed by atoms with Crippen LogP contribution in [0.1, 0.15) is 25.5 Å². The van der Waals surface area contributed by atoms with E-state index in [4.69, 9.17) is 14.2 Å². The molecule has 28 heavy (non-hydrogen) atoms. The van der Waals surface area contributed by atoms with Crippen molar-refractivity contribution in [2.75, 3.05) is 32.7 Å². The van der Waals surface area contributed by atoms with E-state index in [1.54, 1.807) is 20.4 Å². The van der Waals surface area contributed by atoms with Gasteiger partial charge in [-0.2, -0.15) is 0 Å². The lowest BCUT2D eigenvalue weighted by molar-refractivity contribution is 0.0601. The summed E-state index contributed by atoms with van der Waals surface area (Å²) in [5.74, 6) is 1.67. The first-order valence-corrected chi connectivity index (χ1v) is 10.0. The van der Waals surface area contributed by atoms with Crippen LogP contribution < -0.4 is 20.1 Å². The van der Waals surface area contributed by atoms with Gasteiger partial charge < -0.3 is 19.5 Å². The fourth-order valence-electron chi connectivity index (χ4n) is 2.59. The fraction of sp³-hybridized carbons (Fsp3) is 0.526. The number of carbonyl (C=O) groups is 1. The van der Waals surface area contributed by atoms with Crippen molar-refractivity contribution in [3.8, 4) is 22.1 Å². The van der Waals surface area contributed by atoms with Gasteiger partial charge in [-0.05, 0) is 38.7 Å². The molecule has 2 heterocycles. The Kier molecular flexibility index (Phi) is 6.69. The number of amides is 2. The van der Waals surface area contributed by atoms with Crippen LogP contribution in [0.3, 0.4) is 0 Å². The lowest BCUT2D eigenvalue weighted by Crippen LogP contribution is -2.35. The standard InChI is InChI=1S/C19H26N4O4S/c1-11(27-10-13-5-6-13)8-21-18(24)23-19-22-12(2)16(28-19)14-7-15(25-3)17(26-4)20-9-14/h7,9,11,13H,5-6,8,10H2,1-4H3,(H2,21,22,23,24)/t11-/m0/s1. The summed E-state index contributed by atoms with van der Waals surface area (Å²) in [4.78, 5) is 21.7. The molecule has 0 aliphatic heterocycles. The average molecular weight is 407 g/mol. The monoisotopic (exact) mass is 406 g/mol. The quantitative estimate of drug-likeness (QED) is 0.662. The second-order valence-corrected chi connectivity index (χ2v) is 7.79. The molecule has 0 radical (unpaired) electrons. The highest BCUT2D eigenvalue weighted by molar-refractivity contribution is 7.19. The number of hydrogen-bond donors (Lipinski definition) is 2. The summed E-state index contributed by atoms with van der Waals surface area (Å²) in [5, 5.41) is 6.12. The molecule has 0 spiro atoms. The number of nitrogens with zero attached hydrogens (tertiary/aromatic N) is 2. The molecule has 1 fully saturated rings. The fourth-order valence-corrected chi connectivity index (χ4v) is 3.54. The highest BCUT2D eigenvalue weighted by Gasteiger charge is 2.22. The van der Waals surface area contributed by atoms with E-state index in [-0.39, 0.29) is 12.1 Å². The molecule has 1 saturated carbocycles. The maximum atomic E-state index is 12.1. The normalized spacial score (nSPS) is 14.4. The SMILES string of the molecule is COc1cc(-c2sc(NC(=O)NC[C@H](C)OCC3CC3)nc2C)cnc1OC. The van der Waals surface area contributed by atoms with Crippen molar-refractivity contribution in [2.45, 2.75) is 32.8 Å². The summed E-state index contributed by atoms with van der Waals surface area (Å²) in [5.41, 5.74) is 1.65. The summed E-state index contributed by atoms with van der Waals surface area (Å²) >= 11 is 1.38. The second kappa shape index (κ2) is 9.20. The van der Waals surface area contributed by atoms with Gasteiger partial charge in [0.25, 0.3) is 5.88 Å². The van der Waals surface area contributed by atoms with Gasteiger partial charge in [-0.1, -0.05) is 11.3 Å². The zero-order valence-corrected chi connectivity index (χ0v) is 17.4. The van der Waals surface area contributed by atoms with E-state index in [9.17, 15) is 4.79 Å². The van der Waals surface area contributed by atoms with Gasteiger partial charge in [0.2, 0.25) is 0 Å². The van der Waals surface area contributed by atoms with Crippen LogP contribution in [0, 0.1) is 12.8 Å². The summed E-state index contributed by atoms with van der Waals surface area (Å²) in [6.45, 7) is 5.08. The lowest BCUT2D eigenvalue weighted by Gasteiger charge is -2.13. The number of ether oxygens (including phenoxy) is 3. The molecule has 2 aromatic heterocycles. The highest BCUT2D eigenvalue weighted by Crippen LogP contribution is 2.36. The smallest absolute Gasteiger partial charge is 0.321 e. The molecule has 0 saturated heterocycles. The van der Waals surface area contributed by atoms with E-state index < -0.39 is 0 Å². The molecule has 2 amide bonds. The zero-order chi connectivity index (χ0) is 20.1. The van der Waals surface area contributed by atoms with E-state index in [0.717, 1.165) is 22.7 Å². The first-order chi connectivity index (χ1) is 13.5. The Labute approximate surface area is 168 Å². The van der Waals surface area contributed by atoms with Crippen LogP contribution in [-0.2, 0) is 4.74 Å². The third kappa shape index (κ3) is 5.32. The summed E-state index contributed by atoms with van der Waals surface area (Å²) in [7, 11) is 3.11. The maximum Gasteiger partial charge on any atom is 0.321 e. The van der Waals surface area contributed by atoms with Crippen molar-refractivity contribution >= 4 is 22.5 Å². The third-order valence-electron chi connectivity index (χ3n) is 4.37. The van der Waals surface area contributed by atoms with Gasteiger partial charge in [0.1, 0.15) is 0 Å². The minimum Gasteiger partial charge on any atom is -0.491 e. The lowest BCUT2D eigenvalue weighted by atomic mass is 10.2. The van der Waals surface area contributed by atoms with E-state index in [2.05, 4.69) is 20.6 Å². The Balaban J connectivity index is 1.58. The van der Waals surface area contributed by atoms with Crippen LogP contribution in [0.25, 0.3) is 10.4 Å². The molecule has 0 aromatic carbocycles. The predicted molar refractivity (Wildman–Crippen MR) is 108 cm³/mol. The summed E-state index contributed by atoms with van der Waals surface area (Å²) < 4.78 is 16.2. The number of carbonyl (C=O) groups excluding carboxylic acids is 1. The number of pyridine rings is 1. The number of aromatic nitrogens is 2. The van der Waals surface area contributed by atoms with Crippen molar-refractivity contribution in [3.05, 3.63) is 18.0 Å². The number of aryl methyl sites for hydroxylation is 1. The predicted octanol–water partition coefficient (Wildman–Crippen LogP) is 3.47. The number of anilines is 1. The minimum absolute atomic E-state index is 0.0159. The van der Waals surface area contributed by atoms with E-state index in [1.165, 1.54) is 24.2 Å².